The van der Waals surface area contributed by atoms with Crippen molar-refractivity contribution in [3.05, 3.63) is 65.7 Å². The number of methoxy groups -OCH3 is 1. The summed E-state index contributed by atoms with van der Waals surface area (Å²) >= 11 is 0. The topological polar surface area (TPSA) is 79.8 Å². The molecule has 0 saturated heterocycles. The molecule has 6 nitrogen and oxygen atoms in total. The van der Waals surface area contributed by atoms with Crippen LogP contribution in [0.1, 0.15) is 15.9 Å². The fourth-order valence-electron chi connectivity index (χ4n) is 1.78. The van der Waals surface area contributed by atoms with Crippen LogP contribution in [-0.4, -0.2) is 31.7 Å². The van der Waals surface area contributed by atoms with Crippen LogP contribution in [0.5, 0.6) is 5.75 Å². The summed E-state index contributed by atoms with van der Waals surface area (Å²) in [7, 11) is 1.52. The third kappa shape index (κ3) is 5.28. The molecule has 0 fully saturated rings. The Morgan fingerprint density at radius 2 is 1.91 bits per heavy atom. The van der Waals surface area contributed by atoms with Crippen LogP contribution in [-0.2, 0) is 4.79 Å². The summed E-state index contributed by atoms with van der Waals surface area (Å²) in [5, 5.41) is 6.34. The van der Waals surface area contributed by atoms with E-state index in [-0.39, 0.29) is 12.5 Å². The number of amides is 2. The average Bonchev–Trinajstić information content (AvgIpc) is 2.60. The van der Waals surface area contributed by atoms with Gasteiger partial charge in [0.05, 0.1) is 19.9 Å². The maximum atomic E-state index is 11.9. The van der Waals surface area contributed by atoms with Crippen LogP contribution in [0.3, 0.4) is 0 Å². The zero-order valence-electron chi connectivity index (χ0n) is 12.7. The molecule has 23 heavy (non-hydrogen) atoms. The molecule has 118 valence electrons. The molecule has 0 bridgehead atoms. The van der Waals surface area contributed by atoms with Crippen LogP contribution in [0.4, 0.5) is 0 Å². The molecule has 2 amide bonds. The van der Waals surface area contributed by atoms with Crippen LogP contribution in [0.25, 0.3) is 0 Å². The van der Waals surface area contributed by atoms with E-state index in [2.05, 4.69) is 15.8 Å². The predicted octanol–water partition coefficient (Wildman–Crippen LogP) is 1.58. The molecule has 0 aliphatic carbocycles. The van der Waals surface area contributed by atoms with Crippen molar-refractivity contribution in [2.45, 2.75) is 0 Å². The van der Waals surface area contributed by atoms with E-state index in [1.165, 1.54) is 13.3 Å². The summed E-state index contributed by atoms with van der Waals surface area (Å²) in [4.78, 5) is 23.6. The van der Waals surface area contributed by atoms with Crippen LogP contribution in [0, 0.1) is 0 Å². The highest BCUT2D eigenvalue weighted by atomic mass is 16.5. The van der Waals surface area contributed by atoms with E-state index >= 15 is 0 Å². The van der Waals surface area contributed by atoms with E-state index in [9.17, 15) is 9.59 Å². The number of benzene rings is 2. The van der Waals surface area contributed by atoms with Gasteiger partial charge in [0.25, 0.3) is 11.8 Å². The summed E-state index contributed by atoms with van der Waals surface area (Å²) in [6.07, 6.45) is 1.53. The van der Waals surface area contributed by atoms with Crippen molar-refractivity contribution in [1.82, 2.24) is 10.7 Å². The molecule has 2 aromatic rings. The van der Waals surface area contributed by atoms with Gasteiger partial charge in [-0.2, -0.15) is 5.10 Å². The number of hydrogen-bond acceptors (Lipinski definition) is 4. The largest absolute Gasteiger partial charge is 0.497 e. The maximum Gasteiger partial charge on any atom is 0.259 e. The van der Waals surface area contributed by atoms with Gasteiger partial charge in [-0.25, -0.2) is 5.43 Å². The number of nitrogens with zero attached hydrogens (tertiary/aromatic N) is 1. The first-order valence-electron chi connectivity index (χ1n) is 6.98. The molecule has 0 aliphatic rings. The van der Waals surface area contributed by atoms with Gasteiger partial charge in [0, 0.05) is 5.56 Å². The Bertz CT molecular complexity index is 699. The molecule has 0 unspecified atom stereocenters. The van der Waals surface area contributed by atoms with Crippen LogP contribution in [0.15, 0.2) is 59.7 Å². The number of hydrogen-bond donors (Lipinski definition) is 2. The number of carbonyl (C=O) groups excluding carboxylic acids is 2. The van der Waals surface area contributed by atoms with Crippen molar-refractivity contribution in [2.24, 2.45) is 5.10 Å². The van der Waals surface area contributed by atoms with Gasteiger partial charge in [-0.3, -0.25) is 9.59 Å². The van der Waals surface area contributed by atoms with Gasteiger partial charge in [-0.05, 0) is 23.8 Å². The maximum absolute atomic E-state index is 11.9. The van der Waals surface area contributed by atoms with Crippen LogP contribution < -0.4 is 15.5 Å². The number of nitrogens with one attached hydrogen (secondary N) is 2. The molecule has 0 spiro atoms. The normalized spacial score (nSPS) is 10.3. The molecule has 6 heteroatoms. The Morgan fingerprint density at radius 3 is 2.65 bits per heavy atom. The first-order chi connectivity index (χ1) is 11.2. The third-order valence-corrected chi connectivity index (χ3v) is 2.94. The van der Waals surface area contributed by atoms with Crippen molar-refractivity contribution >= 4 is 18.0 Å². The van der Waals surface area contributed by atoms with Crippen LogP contribution in [0.2, 0.25) is 0 Å². The highest BCUT2D eigenvalue weighted by Crippen LogP contribution is 2.12. The van der Waals surface area contributed by atoms with Gasteiger partial charge < -0.3 is 10.1 Å². The molecule has 0 aromatic heterocycles. The zero-order valence-corrected chi connectivity index (χ0v) is 12.7. The summed E-state index contributed by atoms with van der Waals surface area (Å²) in [5.41, 5.74) is 3.64. The first-order valence-corrected chi connectivity index (χ1v) is 6.98. The van der Waals surface area contributed by atoms with Gasteiger partial charge in [-0.1, -0.05) is 36.4 Å². The zero-order chi connectivity index (χ0) is 16.5. The molecule has 0 heterocycles. The monoisotopic (exact) mass is 311 g/mol. The van der Waals surface area contributed by atoms with Crippen molar-refractivity contribution in [1.29, 1.82) is 0 Å². The SMILES string of the molecule is COc1cccc(C(=O)NCC(=O)N/N=C\c2ccccc2)c1. The lowest BCUT2D eigenvalue weighted by molar-refractivity contribution is -0.120. The second-order valence-electron chi connectivity index (χ2n) is 4.62. The lowest BCUT2D eigenvalue weighted by atomic mass is 10.2. The Labute approximate surface area is 134 Å². The van der Waals surface area contributed by atoms with Crippen LogP contribution >= 0.6 is 0 Å². The first kappa shape index (κ1) is 16.2. The Morgan fingerprint density at radius 1 is 1.13 bits per heavy atom. The summed E-state index contributed by atoms with van der Waals surface area (Å²) < 4.78 is 5.05. The highest BCUT2D eigenvalue weighted by Gasteiger charge is 2.08. The molecule has 0 atom stereocenters. The van der Waals surface area contributed by atoms with E-state index in [4.69, 9.17) is 4.74 Å². The summed E-state index contributed by atoms with van der Waals surface area (Å²) in [6.45, 7) is -0.165. The van der Waals surface area contributed by atoms with E-state index in [0.29, 0.717) is 11.3 Å². The van der Waals surface area contributed by atoms with Crippen molar-refractivity contribution < 1.29 is 14.3 Å². The number of ether oxygens (including phenoxy) is 1. The van der Waals surface area contributed by atoms with E-state index in [1.54, 1.807) is 24.3 Å². The molecule has 0 radical (unpaired) electrons. The lowest BCUT2D eigenvalue weighted by Gasteiger charge is -2.05. The van der Waals surface area contributed by atoms with E-state index in [1.807, 2.05) is 30.3 Å². The smallest absolute Gasteiger partial charge is 0.259 e. The minimum absolute atomic E-state index is 0.165. The highest BCUT2D eigenvalue weighted by molar-refractivity contribution is 5.96. The lowest BCUT2D eigenvalue weighted by Crippen LogP contribution is -2.34. The van der Waals surface area contributed by atoms with Gasteiger partial charge in [0.2, 0.25) is 0 Å². The van der Waals surface area contributed by atoms with E-state index in [0.717, 1.165) is 5.56 Å². The fourth-order valence-corrected chi connectivity index (χ4v) is 1.78. The number of hydrazone groups is 1. The Balaban J connectivity index is 1.79. The number of carbonyl (C=O) groups is 2. The van der Waals surface area contributed by atoms with Crippen molar-refractivity contribution in [3.8, 4) is 5.75 Å². The average molecular weight is 311 g/mol. The molecular weight excluding hydrogens is 294 g/mol. The molecule has 2 N–H and O–H groups in total. The standard InChI is InChI=1S/C17H17N3O3/c1-23-15-9-5-8-14(10-15)17(22)18-12-16(21)20-19-11-13-6-3-2-4-7-13/h2-11H,12H2,1H3,(H,18,22)(H,20,21)/b19-11-. The Kier molecular flexibility index (Phi) is 5.88. The molecular formula is C17H17N3O3. The van der Waals surface area contributed by atoms with Gasteiger partial charge in [-0.15, -0.1) is 0 Å². The second kappa shape index (κ2) is 8.33. The molecule has 2 aromatic carbocycles. The Hall–Kier alpha value is -3.15. The third-order valence-electron chi connectivity index (χ3n) is 2.94. The van der Waals surface area contributed by atoms with E-state index < -0.39 is 5.91 Å². The van der Waals surface area contributed by atoms with Crippen molar-refractivity contribution in [3.63, 3.8) is 0 Å². The van der Waals surface area contributed by atoms with Gasteiger partial charge in [0.1, 0.15) is 5.75 Å². The fraction of sp³-hybridized carbons (Fsp3) is 0.118. The summed E-state index contributed by atoms with van der Waals surface area (Å²) in [6, 6.07) is 16.0. The predicted molar refractivity (Wildman–Crippen MR) is 87.5 cm³/mol. The molecule has 2 rings (SSSR count). The molecule has 0 saturated carbocycles. The number of rotatable bonds is 6. The molecule has 0 aliphatic heterocycles. The van der Waals surface area contributed by atoms with Gasteiger partial charge >= 0.3 is 0 Å². The van der Waals surface area contributed by atoms with Gasteiger partial charge in [0.15, 0.2) is 0 Å². The summed E-state index contributed by atoms with van der Waals surface area (Å²) in [5.74, 6) is -0.186. The second-order valence-corrected chi connectivity index (χ2v) is 4.62. The van der Waals surface area contributed by atoms with Crippen molar-refractivity contribution in [2.75, 3.05) is 13.7 Å². The quantitative estimate of drug-likeness (QED) is 0.628. The minimum atomic E-state index is -0.409. The minimum Gasteiger partial charge on any atom is -0.497 e.